The second kappa shape index (κ2) is 3.81. The van der Waals surface area contributed by atoms with Crippen molar-refractivity contribution in [2.45, 2.75) is 6.42 Å². The third kappa shape index (κ3) is 1.41. The minimum atomic E-state index is 1.01. The summed E-state index contributed by atoms with van der Waals surface area (Å²) in [5.41, 5.74) is 8.02. The summed E-state index contributed by atoms with van der Waals surface area (Å²) in [6.07, 6.45) is 1.01. The van der Waals surface area contributed by atoms with Crippen LogP contribution in [0.5, 0.6) is 0 Å². The van der Waals surface area contributed by atoms with Crippen LogP contribution in [0.15, 0.2) is 36.4 Å². The number of nitrogens with one attached hydrogen (secondary N) is 2. The molecule has 0 saturated heterocycles. The van der Waals surface area contributed by atoms with Crippen LogP contribution in [0, 0.1) is 0 Å². The van der Waals surface area contributed by atoms with E-state index in [1.54, 1.807) is 0 Å². The Morgan fingerprint density at radius 2 is 1.24 bits per heavy atom. The zero-order valence-electron chi connectivity index (χ0n) is 10.2. The van der Waals surface area contributed by atoms with Crippen LogP contribution in [0.2, 0.25) is 0 Å². The normalized spacial score (nSPS) is 11.9. The Bertz CT molecular complexity index is 522. The van der Waals surface area contributed by atoms with Gasteiger partial charge in [-0.3, -0.25) is 0 Å². The highest BCUT2D eigenvalue weighted by molar-refractivity contribution is 5.85. The molecule has 2 N–H and O–H groups in total. The molecule has 0 amide bonds. The zero-order valence-corrected chi connectivity index (χ0v) is 10.2. The summed E-state index contributed by atoms with van der Waals surface area (Å²) in [5.74, 6) is 0. The van der Waals surface area contributed by atoms with Crippen LogP contribution < -0.4 is 10.6 Å². The van der Waals surface area contributed by atoms with Gasteiger partial charge in [0.25, 0.3) is 0 Å². The summed E-state index contributed by atoms with van der Waals surface area (Å²) in [7, 11) is 3.97. The number of anilines is 2. The summed E-state index contributed by atoms with van der Waals surface area (Å²) in [5, 5.41) is 6.56. The van der Waals surface area contributed by atoms with E-state index in [4.69, 9.17) is 0 Å². The van der Waals surface area contributed by atoms with Gasteiger partial charge in [-0.15, -0.1) is 0 Å². The first-order valence-electron chi connectivity index (χ1n) is 5.95. The predicted molar refractivity (Wildman–Crippen MR) is 73.8 cm³/mol. The molecule has 0 unspecified atom stereocenters. The molecule has 0 spiro atoms. The van der Waals surface area contributed by atoms with Crippen LogP contribution in [0.4, 0.5) is 11.4 Å². The van der Waals surface area contributed by atoms with Gasteiger partial charge in [-0.2, -0.15) is 0 Å². The number of benzene rings is 2. The highest BCUT2D eigenvalue weighted by atomic mass is 14.8. The van der Waals surface area contributed by atoms with Crippen LogP contribution in [-0.4, -0.2) is 14.1 Å². The van der Waals surface area contributed by atoms with Crippen molar-refractivity contribution in [3.05, 3.63) is 47.5 Å². The Balaban J connectivity index is 2.23. The summed E-state index contributed by atoms with van der Waals surface area (Å²) >= 11 is 0. The highest BCUT2D eigenvalue weighted by Crippen LogP contribution is 2.42. The Morgan fingerprint density at radius 1 is 0.765 bits per heavy atom. The van der Waals surface area contributed by atoms with Crippen molar-refractivity contribution in [1.82, 2.24) is 0 Å². The van der Waals surface area contributed by atoms with E-state index in [2.05, 4.69) is 47.0 Å². The molecule has 17 heavy (non-hydrogen) atoms. The van der Waals surface area contributed by atoms with E-state index in [0.29, 0.717) is 0 Å². The van der Waals surface area contributed by atoms with Crippen LogP contribution in [0.25, 0.3) is 11.1 Å². The summed E-state index contributed by atoms with van der Waals surface area (Å²) < 4.78 is 0. The molecule has 86 valence electrons. The molecule has 0 radical (unpaired) electrons. The highest BCUT2D eigenvalue weighted by Gasteiger charge is 2.22. The zero-order chi connectivity index (χ0) is 11.8. The molecule has 0 saturated carbocycles. The van der Waals surface area contributed by atoms with Gasteiger partial charge < -0.3 is 10.6 Å². The summed E-state index contributed by atoms with van der Waals surface area (Å²) in [4.78, 5) is 0. The van der Waals surface area contributed by atoms with E-state index >= 15 is 0 Å². The Morgan fingerprint density at radius 3 is 1.65 bits per heavy atom. The monoisotopic (exact) mass is 224 g/mol. The molecule has 3 rings (SSSR count). The number of fused-ring (bicyclic) bond motifs is 3. The molecular weight excluding hydrogens is 208 g/mol. The van der Waals surface area contributed by atoms with Crippen LogP contribution in [0.3, 0.4) is 0 Å². The van der Waals surface area contributed by atoms with Gasteiger partial charge in [0, 0.05) is 31.9 Å². The lowest BCUT2D eigenvalue weighted by atomic mass is 10.0. The minimum Gasteiger partial charge on any atom is -0.388 e. The Labute approximate surface area is 102 Å². The predicted octanol–water partition coefficient (Wildman–Crippen LogP) is 3.34. The van der Waals surface area contributed by atoms with E-state index < -0.39 is 0 Å². The van der Waals surface area contributed by atoms with Crippen molar-refractivity contribution >= 4 is 11.4 Å². The van der Waals surface area contributed by atoms with Gasteiger partial charge in [-0.1, -0.05) is 24.3 Å². The van der Waals surface area contributed by atoms with E-state index in [9.17, 15) is 0 Å². The third-order valence-corrected chi connectivity index (χ3v) is 3.53. The lowest BCUT2D eigenvalue weighted by Crippen LogP contribution is -1.95. The van der Waals surface area contributed by atoms with Crippen molar-refractivity contribution in [2.75, 3.05) is 24.7 Å². The second-order valence-corrected chi connectivity index (χ2v) is 4.34. The molecule has 2 nitrogen and oxygen atoms in total. The van der Waals surface area contributed by atoms with Gasteiger partial charge in [-0.25, -0.2) is 0 Å². The molecule has 0 atom stereocenters. The maximum Gasteiger partial charge on any atom is 0.0379 e. The van der Waals surface area contributed by atoms with Crippen LogP contribution in [0.1, 0.15) is 11.1 Å². The quantitative estimate of drug-likeness (QED) is 0.697. The first-order valence-corrected chi connectivity index (χ1v) is 5.95. The fourth-order valence-electron chi connectivity index (χ4n) is 2.70. The van der Waals surface area contributed by atoms with Crippen LogP contribution in [-0.2, 0) is 6.42 Å². The van der Waals surface area contributed by atoms with Crippen molar-refractivity contribution in [2.24, 2.45) is 0 Å². The average molecular weight is 224 g/mol. The standard InChI is InChI=1S/C15H16N2/c1-16-14-7-3-5-10-11-6-4-8-15(17-2)13(11)9-12(10)14/h3-8,16-17H,9H2,1-2H3. The first-order chi connectivity index (χ1) is 8.35. The fraction of sp³-hybridized carbons (Fsp3) is 0.200. The van der Waals surface area contributed by atoms with Gasteiger partial charge in [0.05, 0.1) is 0 Å². The molecule has 0 aliphatic heterocycles. The number of hydrogen-bond acceptors (Lipinski definition) is 2. The van der Waals surface area contributed by atoms with Gasteiger partial charge in [-0.05, 0) is 34.4 Å². The van der Waals surface area contributed by atoms with E-state index in [-0.39, 0.29) is 0 Å². The Hall–Kier alpha value is -1.96. The van der Waals surface area contributed by atoms with Gasteiger partial charge >= 0.3 is 0 Å². The van der Waals surface area contributed by atoms with Crippen molar-refractivity contribution in [3.8, 4) is 11.1 Å². The van der Waals surface area contributed by atoms with E-state index in [1.807, 2.05) is 14.1 Å². The molecule has 0 fully saturated rings. The summed E-state index contributed by atoms with van der Waals surface area (Å²) in [6.45, 7) is 0. The fourth-order valence-corrected chi connectivity index (χ4v) is 2.70. The van der Waals surface area contributed by atoms with Crippen molar-refractivity contribution in [1.29, 1.82) is 0 Å². The first kappa shape index (κ1) is 10.2. The third-order valence-electron chi connectivity index (χ3n) is 3.53. The lowest BCUT2D eigenvalue weighted by Gasteiger charge is -2.06. The molecule has 1 aliphatic rings. The molecule has 1 aliphatic carbocycles. The van der Waals surface area contributed by atoms with Crippen LogP contribution >= 0.6 is 0 Å². The molecule has 0 bridgehead atoms. The molecule has 0 heterocycles. The second-order valence-electron chi connectivity index (χ2n) is 4.34. The average Bonchev–Trinajstić information content (AvgIpc) is 2.77. The SMILES string of the molecule is CNc1cccc2c1Cc1c(NC)cccc1-2. The van der Waals surface area contributed by atoms with Gasteiger partial charge in [0.15, 0.2) is 0 Å². The van der Waals surface area contributed by atoms with E-state index in [1.165, 1.54) is 33.6 Å². The molecule has 0 aromatic heterocycles. The van der Waals surface area contributed by atoms with Crippen molar-refractivity contribution in [3.63, 3.8) is 0 Å². The minimum absolute atomic E-state index is 1.01. The summed E-state index contributed by atoms with van der Waals surface area (Å²) in [6, 6.07) is 12.9. The lowest BCUT2D eigenvalue weighted by molar-refractivity contribution is 1.24. The number of hydrogen-bond donors (Lipinski definition) is 2. The molecule has 2 aromatic carbocycles. The van der Waals surface area contributed by atoms with Gasteiger partial charge in [0.2, 0.25) is 0 Å². The van der Waals surface area contributed by atoms with E-state index in [0.717, 1.165) is 6.42 Å². The maximum atomic E-state index is 3.28. The number of rotatable bonds is 2. The molecule has 2 aromatic rings. The van der Waals surface area contributed by atoms with Crippen molar-refractivity contribution < 1.29 is 0 Å². The van der Waals surface area contributed by atoms with Gasteiger partial charge in [0.1, 0.15) is 0 Å². The molecule has 2 heteroatoms. The Kier molecular flexibility index (Phi) is 2.29. The maximum absolute atomic E-state index is 3.28. The smallest absolute Gasteiger partial charge is 0.0379 e. The topological polar surface area (TPSA) is 24.1 Å². The molecular formula is C15H16N2. The largest absolute Gasteiger partial charge is 0.388 e.